The molecule has 0 aromatic heterocycles. The zero-order valence-corrected chi connectivity index (χ0v) is 18.4. The van der Waals surface area contributed by atoms with Crippen LogP contribution in [0.5, 0.6) is 11.5 Å². The number of nitrogens with zero attached hydrogens (tertiary/aromatic N) is 2. The van der Waals surface area contributed by atoms with Gasteiger partial charge in [0.05, 0.1) is 18.3 Å². The van der Waals surface area contributed by atoms with Gasteiger partial charge in [0.25, 0.3) is 5.69 Å². The Balaban J connectivity index is 2.41. The van der Waals surface area contributed by atoms with Crippen molar-refractivity contribution in [1.29, 1.82) is 0 Å². The Bertz CT molecular complexity index is 1120. The molecule has 10 nitrogen and oxygen atoms in total. The van der Waals surface area contributed by atoms with Crippen molar-refractivity contribution in [3.8, 4) is 11.5 Å². The van der Waals surface area contributed by atoms with E-state index in [9.17, 15) is 36.5 Å². The van der Waals surface area contributed by atoms with Crippen LogP contribution in [0.25, 0.3) is 0 Å². The Labute approximate surface area is 187 Å². The normalized spacial score (nSPS) is 12.5. The Morgan fingerprint density at radius 2 is 1.82 bits per heavy atom. The minimum absolute atomic E-state index is 0.0223. The van der Waals surface area contributed by atoms with E-state index in [-0.39, 0.29) is 23.5 Å². The molecule has 0 aliphatic heterocycles. The highest BCUT2D eigenvalue weighted by molar-refractivity contribution is 7.92. The van der Waals surface area contributed by atoms with Gasteiger partial charge >= 0.3 is 6.36 Å². The summed E-state index contributed by atoms with van der Waals surface area (Å²) in [6.45, 7) is 1.52. The number of non-ortho nitro benzene ring substituents is 1. The summed E-state index contributed by atoms with van der Waals surface area (Å²) in [5.41, 5.74) is -0.562. The number of methoxy groups -OCH3 is 1. The average molecular weight is 491 g/mol. The van der Waals surface area contributed by atoms with Gasteiger partial charge in [-0.15, -0.1) is 13.2 Å². The van der Waals surface area contributed by atoms with Crippen LogP contribution in [0.2, 0.25) is 0 Å². The van der Waals surface area contributed by atoms with E-state index in [0.717, 1.165) is 42.7 Å². The Hall–Kier alpha value is -3.55. The number of hydrogen-bond acceptors (Lipinski definition) is 7. The van der Waals surface area contributed by atoms with Crippen molar-refractivity contribution >= 4 is 33.0 Å². The van der Waals surface area contributed by atoms with E-state index in [1.165, 1.54) is 20.1 Å². The van der Waals surface area contributed by atoms with Gasteiger partial charge in [-0.05, 0) is 36.8 Å². The molecule has 1 amide bonds. The first kappa shape index (κ1) is 25.7. The fourth-order valence-corrected chi connectivity index (χ4v) is 4.17. The molecule has 1 atom stereocenters. The number of carbonyl (C=O) groups is 1. The number of benzene rings is 2. The molecule has 0 saturated carbocycles. The number of alkyl halides is 3. The van der Waals surface area contributed by atoms with Crippen molar-refractivity contribution in [2.24, 2.45) is 0 Å². The smallest absolute Gasteiger partial charge is 0.495 e. The molecule has 180 valence electrons. The minimum atomic E-state index is -4.88. The summed E-state index contributed by atoms with van der Waals surface area (Å²) < 4.78 is 71.7. The number of nitro groups is 1. The highest BCUT2D eigenvalue weighted by Crippen LogP contribution is 2.36. The molecule has 0 aliphatic rings. The zero-order valence-electron chi connectivity index (χ0n) is 17.6. The average Bonchev–Trinajstić information content (AvgIpc) is 2.70. The monoisotopic (exact) mass is 491 g/mol. The molecule has 1 N–H and O–H groups in total. The van der Waals surface area contributed by atoms with Crippen LogP contribution in [0.15, 0.2) is 42.5 Å². The predicted molar refractivity (Wildman–Crippen MR) is 113 cm³/mol. The van der Waals surface area contributed by atoms with Gasteiger partial charge in [0.1, 0.15) is 23.2 Å². The van der Waals surface area contributed by atoms with E-state index in [1.807, 2.05) is 0 Å². The molecule has 0 bridgehead atoms. The van der Waals surface area contributed by atoms with E-state index >= 15 is 0 Å². The number of halogens is 3. The SMILES string of the molecule is CCC(C(=O)Nc1ccc(OC(F)(F)F)cc1)N(c1cc([N+](=O)[O-])ccc1OC)S(C)(=O)=O. The number of hydrogen-bond donors (Lipinski definition) is 1. The van der Waals surface area contributed by atoms with Crippen molar-refractivity contribution in [2.45, 2.75) is 25.7 Å². The maximum Gasteiger partial charge on any atom is 0.573 e. The zero-order chi connectivity index (χ0) is 25.0. The summed E-state index contributed by atoms with van der Waals surface area (Å²) in [6.07, 6.45) is -4.10. The second kappa shape index (κ2) is 9.94. The van der Waals surface area contributed by atoms with E-state index in [4.69, 9.17) is 4.74 Å². The minimum Gasteiger partial charge on any atom is -0.495 e. The Kier molecular flexibility index (Phi) is 7.74. The first-order valence-electron chi connectivity index (χ1n) is 9.25. The molecule has 0 spiro atoms. The number of nitro benzene ring substituents is 1. The fourth-order valence-electron chi connectivity index (χ4n) is 2.97. The van der Waals surface area contributed by atoms with Crippen molar-refractivity contribution in [3.63, 3.8) is 0 Å². The van der Waals surface area contributed by atoms with Gasteiger partial charge in [0.2, 0.25) is 15.9 Å². The van der Waals surface area contributed by atoms with Crippen LogP contribution in [-0.2, 0) is 14.8 Å². The number of rotatable bonds is 9. The Morgan fingerprint density at radius 3 is 2.27 bits per heavy atom. The standard InChI is InChI=1S/C19H20F3N3O7S/c1-4-15(18(26)23-12-5-8-14(9-6-12)32-19(20,21)22)24(33(3,29)30)16-11-13(25(27)28)7-10-17(16)31-2/h5-11,15H,4H2,1-3H3,(H,23,26). The fraction of sp³-hybridized carbons (Fsp3) is 0.316. The Morgan fingerprint density at radius 1 is 1.21 bits per heavy atom. The van der Waals surface area contributed by atoms with E-state index in [0.29, 0.717) is 4.31 Å². The number of amides is 1. The van der Waals surface area contributed by atoms with E-state index in [1.54, 1.807) is 0 Å². The highest BCUT2D eigenvalue weighted by atomic mass is 32.2. The quantitative estimate of drug-likeness (QED) is 0.419. The van der Waals surface area contributed by atoms with Gasteiger partial charge in [-0.2, -0.15) is 0 Å². The largest absolute Gasteiger partial charge is 0.573 e. The van der Waals surface area contributed by atoms with Crippen molar-refractivity contribution < 1.29 is 40.8 Å². The first-order valence-corrected chi connectivity index (χ1v) is 11.1. The van der Waals surface area contributed by atoms with Crippen LogP contribution in [0.3, 0.4) is 0 Å². The van der Waals surface area contributed by atoms with Crippen LogP contribution in [0.4, 0.5) is 30.2 Å². The molecule has 0 heterocycles. The first-order chi connectivity index (χ1) is 15.3. The second-order valence-electron chi connectivity index (χ2n) is 6.66. The van der Waals surface area contributed by atoms with Crippen LogP contribution in [0.1, 0.15) is 13.3 Å². The molecule has 0 radical (unpaired) electrons. The molecular weight excluding hydrogens is 471 g/mol. The lowest BCUT2D eigenvalue weighted by molar-refractivity contribution is -0.384. The van der Waals surface area contributed by atoms with Crippen molar-refractivity contribution in [3.05, 3.63) is 52.6 Å². The number of carbonyl (C=O) groups excluding carboxylic acids is 1. The summed E-state index contributed by atoms with van der Waals surface area (Å²) in [7, 11) is -2.91. The van der Waals surface area contributed by atoms with Crippen LogP contribution in [0, 0.1) is 10.1 Å². The van der Waals surface area contributed by atoms with E-state index in [2.05, 4.69) is 10.1 Å². The molecule has 0 saturated heterocycles. The van der Waals surface area contributed by atoms with Gasteiger partial charge in [-0.1, -0.05) is 6.92 Å². The highest BCUT2D eigenvalue weighted by Gasteiger charge is 2.35. The second-order valence-corrected chi connectivity index (χ2v) is 8.52. The lowest BCUT2D eigenvalue weighted by atomic mass is 10.1. The van der Waals surface area contributed by atoms with Gasteiger partial charge in [-0.3, -0.25) is 19.2 Å². The summed E-state index contributed by atoms with van der Waals surface area (Å²) in [5.74, 6) is -1.35. The van der Waals surface area contributed by atoms with Gasteiger partial charge in [0.15, 0.2) is 0 Å². The molecule has 2 aromatic carbocycles. The maximum atomic E-state index is 12.9. The van der Waals surface area contributed by atoms with Crippen molar-refractivity contribution in [2.75, 3.05) is 23.0 Å². The molecular formula is C19H20F3N3O7S. The third kappa shape index (κ3) is 6.71. The number of sulfonamides is 1. The third-order valence-corrected chi connectivity index (χ3v) is 5.46. The molecule has 2 aromatic rings. The van der Waals surface area contributed by atoms with E-state index < -0.39 is 44.7 Å². The lowest BCUT2D eigenvalue weighted by Crippen LogP contribution is -2.47. The predicted octanol–water partition coefficient (Wildman–Crippen LogP) is 3.69. The van der Waals surface area contributed by atoms with Gasteiger partial charge in [0, 0.05) is 17.8 Å². The summed E-state index contributed by atoms with van der Waals surface area (Å²) in [6, 6.07) is 6.17. The van der Waals surface area contributed by atoms with Crippen LogP contribution in [-0.4, -0.2) is 45.0 Å². The molecule has 14 heteroatoms. The van der Waals surface area contributed by atoms with Crippen LogP contribution >= 0.6 is 0 Å². The lowest BCUT2D eigenvalue weighted by Gasteiger charge is -2.30. The summed E-state index contributed by atoms with van der Waals surface area (Å²) in [4.78, 5) is 23.4. The van der Waals surface area contributed by atoms with Crippen LogP contribution < -0.4 is 19.1 Å². The van der Waals surface area contributed by atoms with Gasteiger partial charge < -0.3 is 14.8 Å². The molecule has 2 rings (SSSR count). The number of anilines is 2. The maximum absolute atomic E-state index is 12.9. The van der Waals surface area contributed by atoms with Gasteiger partial charge in [-0.25, -0.2) is 8.42 Å². The molecule has 0 aliphatic carbocycles. The molecule has 0 fully saturated rings. The summed E-state index contributed by atoms with van der Waals surface area (Å²) >= 11 is 0. The van der Waals surface area contributed by atoms with Crippen molar-refractivity contribution in [1.82, 2.24) is 0 Å². The summed E-state index contributed by atoms with van der Waals surface area (Å²) in [5, 5.41) is 13.6. The number of nitrogens with one attached hydrogen (secondary N) is 1. The third-order valence-electron chi connectivity index (χ3n) is 4.30. The number of ether oxygens (including phenoxy) is 2. The molecule has 33 heavy (non-hydrogen) atoms. The topological polar surface area (TPSA) is 128 Å². The molecule has 1 unspecified atom stereocenters.